The maximum atomic E-state index is 11.7. The Labute approximate surface area is 107 Å². The Hall–Kier alpha value is -1.40. The highest BCUT2D eigenvalue weighted by Crippen LogP contribution is 2.12. The average molecular weight is 252 g/mol. The first-order chi connectivity index (χ1) is 8.65. The van der Waals surface area contributed by atoms with E-state index in [1.54, 1.807) is 12.3 Å². The van der Waals surface area contributed by atoms with E-state index >= 15 is 0 Å². The molecule has 1 atom stereocenters. The van der Waals surface area contributed by atoms with Gasteiger partial charge in [0.15, 0.2) is 5.76 Å². The highest BCUT2D eigenvalue weighted by atomic mass is 16.5. The van der Waals surface area contributed by atoms with Gasteiger partial charge in [0.1, 0.15) is 0 Å². The van der Waals surface area contributed by atoms with Crippen molar-refractivity contribution in [3.8, 4) is 0 Å². The number of nitrogens with one attached hydrogen (secondary N) is 1. The van der Waals surface area contributed by atoms with Crippen LogP contribution in [0.3, 0.4) is 0 Å². The van der Waals surface area contributed by atoms with Gasteiger partial charge in [0, 0.05) is 25.2 Å². The van der Waals surface area contributed by atoms with Crippen LogP contribution < -0.4 is 5.32 Å². The number of likely N-dealkylation sites (tertiary alicyclic amines) is 1. The van der Waals surface area contributed by atoms with E-state index in [1.807, 2.05) is 0 Å². The van der Waals surface area contributed by atoms with Crippen molar-refractivity contribution in [2.75, 3.05) is 33.7 Å². The van der Waals surface area contributed by atoms with Crippen LogP contribution in [-0.4, -0.2) is 60.6 Å². The van der Waals surface area contributed by atoms with Gasteiger partial charge in [0.2, 0.25) is 5.91 Å². The zero-order valence-corrected chi connectivity index (χ0v) is 10.9. The van der Waals surface area contributed by atoms with Gasteiger partial charge >= 0.3 is 0 Å². The molecule has 2 rings (SSSR count). The fourth-order valence-electron chi connectivity index (χ4n) is 2.16. The van der Waals surface area contributed by atoms with Crippen molar-refractivity contribution in [2.45, 2.75) is 19.0 Å². The van der Waals surface area contributed by atoms with Gasteiger partial charge in [-0.2, -0.15) is 0 Å². The van der Waals surface area contributed by atoms with Gasteiger partial charge in [0.05, 0.1) is 19.3 Å². The minimum absolute atomic E-state index is 0.0332. The SMILES string of the molecule is CN(C)[C@H]1CCN(CC(=O)NCc2ccno2)C1. The molecule has 1 saturated heterocycles. The molecule has 0 bridgehead atoms. The molecule has 2 heterocycles. The molecule has 1 amide bonds. The van der Waals surface area contributed by atoms with E-state index in [9.17, 15) is 4.79 Å². The Balaban J connectivity index is 1.69. The molecule has 1 aliphatic rings. The molecule has 0 saturated carbocycles. The van der Waals surface area contributed by atoms with Gasteiger partial charge in [-0.25, -0.2) is 0 Å². The third-order valence-corrected chi connectivity index (χ3v) is 3.30. The Morgan fingerprint density at radius 1 is 1.67 bits per heavy atom. The molecule has 0 aromatic carbocycles. The summed E-state index contributed by atoms with van der Waals surface area (Å²) in [6.45, 7) is 2.81. The van der Waals surface area contributed by atoms with Gasteiger partial charge in [-0.1, -0.05) is 5.16 Å². The van der Waals surface area contributed by atoms with Crippen molar-refractivity contribution in [1.29, 1.82) is 0 Å². The summed E-state index contributed by atoms with van der Waals surface area (Å²) in [5.74, 6) is 0.710. The molecule has 1 fully saturated rings. The van der Waals surface area contributed by atoms with Crippen LogP contribution >= 0.6 is 0 Å². The smallest absolute Gasteiger partial charge is 0.234 e. The Kier molecular flexibility index (Phi) is 4.33. The number of hydrogen-bond acceptors (Lipinski definition) is 5. The van der Waals surface area contributed by atoms with Crippen LogP contribution in [0.25, 0.3) is 0 Å². The summed E-state index contributed by atoms with van der Waals surface area (Å²) < 4.78 is 4.92. The lowest BCUT2D eigenvalue weighted by molar-refractivity contribution is -0.122. The van der Waals surface area contributed by atoms with Crippen molar-refractivity contribution in [3.05, 3.63) is 18.0 Å². The van der Waals surface area contributed by atoms with E-state index in [1.165, 1.54) is 0 Å². The highest BCUT2D eigenvalue weighted by Gasteiger charge is 2.25. The predicted molar refractivity (Wildman–Crippen MR) is 66.9 cm³/mol. The van der Waals surface area contributed by atoms with Crippen LogP contribution in [0, 0.1) is 0 Å². The highest BCUT2D eigenvalue weighted by molar-refractivity contribution is 5.77. The normalized spacial score (nSPS) is 20.5. The summed E-state index contributed by atoms with van der Waals surface area (Å²) in [5, 5.41) is 6.42. The summed E-state index contributed by atoms with van der Waals surface area (Å²) in [5.41, 5.74) is 0. The van der Waals surface area contributed by atoms with E-state index < -0.39 is 0 Å². The molecule has 0 aliphatic carbocycles. The number of rotatable bonds is 5. The molecule has 18 heavy (non-hydrogen) atoms. The molecule has 1 aromatic rings. The van der Waals surface area contributed by atoms with Crippen LogP contribution in [-0.2, 0) is 11.3 Å². The number of likely N-dealkylation sites (N-methyl/N-ethyl adjacent to an activating group) is 1. The van der Waals surface area contributed by atoms with Gasteiger partial charge in [-0.15, -0.1) is 0 Å². The van der Waals surface area contributed by atoms with Crippen LogP contribution in [0.5, 0.6) is 0 Å². The summed E-state index contributed by atoms with van der Waals surface area (Å²) in [6, 6.07) is 2.31. The van der Waals surface area contributed by atoms with Crippen molar-refractivity contribution in [3.63, 3.8) is 0 Å². The minimum Gasteiger partial charge on any atom is -0.360 e. The van der Waals surface area contributed by atoms with Crippen LogP contribution in [0.1, 0.15) is 12.2 Å². The van der Waals surface area contributed by atoms with Crippen LogP contribution in [0.2, 0.25) is 0 Å². The van der Waals surface area contributed by atoms with Crippen molar-refractivity contribution in [1.82, 2.24) is 20.3 Å². The first kappa shape index (κ1) is 13.0. The fraction of sp³-hybridized carbons (Fsp3) is 0.667. The van der Waals surface area contributed by atoms with Crippen molar-refractivity contribution >= 4 is 5.91 Å². The Morgan fingerprint density at radius 3 is 3.11 bits per heavy atom. The summed E-state index contributed by atoms with van der Waals surface area (Å²) in [4.78, 5) is 16.1. The molecular formula is C12H20N4O2. The van der Waals surface area contributed by atoms with E-state index in [2.05, 4.69) is 34.4 Å². The standard InChI is InChI=1S/C12H20N4O2/c1-15(2)10-4-6-16(8-10)9-12(17)13-7-11-3-5-14-18-11/h3,5,10H,4,6-9H2,1-2H3,(H,13,17)/t10-/m0/s1. The lowest BCUT2D eigenvalue weighted by Crippen LogP contribution is -2.38. The maximum absolute atomic E-state index is 11.7. The van der Waals surface area contributed by atoms with Gasteiger partial charge in [-0.3, -0.25) is 9.69 Å². The molecule has 100 valence electrons. The molecule has 0 spiro atoms. The summed E-state index contributed by atoms with van der Waals surface area (Å²) >= 11 is 0. The number of carbonyl (C=O) groups is 1. The lowest BCUT2D eigenvalue weighted by atomic mass is 10.2. The molecule has 6 nitrogen and oxygen atoms in total. The molecule has 1 aliphatic heterocycles. The first-order valence-corrected chi connectivity index (χ1v) is 6.20. The van der Waals surface area contributed by atoms with E-state index in [0.717, 1.165) is 19.5 Å². The Morgan fingerprint density at radius 2 is 2.50 bits per heavy atom. The summed E-state index contributed by atoms with van der Waals surface area (Å²) in [7, 11) is 4.16. The first-order valence-electron chi connectivity index (χ1n) is 6.20. The average Bonchev–Trinajstić information content (AvgIpc) is 2.96. The molecule has 0 radical (unpaired) electrons. The largest absolute Gasteiger partial charge is 0.360 e. The fourth-order valence-corrected chi connectivity index (χ4v) is 2.16. The monoisotopic (exact) mass is 252 g/mol. The molecular weight excluding hydrogens is 232 g/mol. The van der Waals surface area contributed by atoms with E-state index in [0.29, 0.717) is 24.9 Å². The second-order valence-electron chi connectivity index (χ2n) is 4.90. The number of amides is 1. The van der Waals surface area contributed by atoms with E-state index in [4.69, 9.17) is 4.52 Å². The maximum Gasteiger partial charge on any atom is 0.234 e. The lowest BCUT2D eigenvalue weighted by Gasteiger charge is -2.19. The predicted octanol–water partition coefficient (Wildman–Crippen LogP) is -0.0733. The Bertz CT molecular complexity index is 377. The molecule has 6 heteroatoms. The van der Waals surface area contributed by atoms with Crippen LogP contribution in [0.15, 0.2) is 16.8 Å². The van der Waals surface area contributed by atoms with E-state index in [-0.39, 0.29) is 5.91 Å². The number of carbonyl (C=O) groups excluding carboxylic acids is 1. The number of aromatic nitrogens is 1. The van der Waals surface area contributed by atoms with Crippen LogP contribution in [0.4, 0.5) is 0 Å². The topological polar surface area (TPSA) is 61.6 Å². The number of nitrogens with zero attached hydrogens (tertiary/aromatic N) is 3. The van der Waals surface area contributed by atoms with Gasteiger partial charge in [0.25, 0.3) is 0 Å². The molecule has 1 N–H and O–H groups in total. The number of hydrogen-bond donors (Lipinski definition) is 1. The van der Waals surface area contributed by atoms with Gasteiger partial charge < -0.3 is 14.7 Å². The quantitative estimate of drug-likeness (QED) is 0.794. The molecule has 1 aromatic heterocycles. The molecule has 0 unspecified atom stereocenters. The minimum atomic E-state index is 0.0332. The van der Waals surface area contributed by atoms with Crippen molar-refractivity contribution in [2.24, 2.45) is 0 Å². The third-order valence-electron chi connectivity index (χ3n) is 3.30. The summed E-state index contributed by atoms with van der Waals surface area (Å²) in [6.07, 6.45) is 2.70. The zero-order valence-electron chi connectivity index (χ0n) is 10.9. The second kappa shape index (κ2) is 5.97. The van der Waals surface area contributed by atoms with Crippen molar-refractivity contribution < 1.29 is 9.32 Å². The third kappa shape index (κ3) is 3.54. The zero-order chi connectivity index (χ0) is 13.0. The second-order valence-corrected chi connectivity index (χ2v) is 4.90. The van der Waals surface area contributed by atoms with Gasteiger partial charge in [-0.05, 0) is 20.5 Å².